The Morgan fingerprint density at radius 2 is 1.78 bits per heavy atom. The number of esters is 1. The van der Waals surface area contributed by atoms with Crippen LogP contribution in [0.1, 0.15) is 40.6 Å². The summed E-state index contributed by atoms with van der Waals surface area (Å²) in [5.74, 6) is -3.28. The fraction of sp³-hybridized carbons (Fsp3) is 0.167. The van der Waals surface area contributed by atoms with Gasteiger partial charge >= 0.3 is 5.97 Å². The van der Waals surface area contributed by atoms with Crippen molar-refractivity contribution in [2.75, 3.05) is 6.61 Å². The molecule has 0 radical (unpaired) electrons. The zero-order valence-electron chi connectivity index (χ0n) is 17.4. The van der Waals surface area contributed by atoms with E-state index < -0.39 is 35.6 Å². The van der Waals surface area contributed by atoms with Crippen LogP contribution in [-0.2, 0) is 4.74 Å². The third kappa shape index (κ3) is 4.12. The molecule has 0 aliphatic heterocycles. The topological polar surface area (TPSA) is 74.1 Å². The van der Waals surface area contributed by atoms with Crippen LogP contribution in [0, 0.1) is 11.6 Å². The second-order valence-electron chi connectivity index (χ2n) is 7.46. The fourth-order valence-corrected chi connectivity index (χ4v) is 3.32. The lowest BCUT2D eigenvalue weighted by Gasteiger charge is -2.11. The number of carbonyl (C=O) groups is 2. The second-order valence-corrected chi connectivity index (χ2v) is 7.46. The highest BCUT2D eigenvalue weighted by Gasteiger charge is 2.21. The third-order valence-electron chi connectivity index (χ3n) is 4.91. The summed E-state index contributed by atoms with van der Waals surface area (Å²) in [7, 11) is 0. The number of hydrogen-bond donors (Lipinski definition) is 0. The van der Waals surface area contributed by atoms with Crippen LogP contribution in [-0.4, -0.2) is 33.1 Å². The Morgan fingerprint density at radius 1 is 1.03 bits per heavy atom. The Hall–Kier alpha value is -3.94. The van der Waals surface area contributed by atoms with E-state index in [-0.39, 0.29) is 11.6 Å². The quantitative estimate of drug-likeness (QED) is 0.315. The average Bonchev–Trinajstić information content (AvgIpc) is 3.23. The minimum atomic E-state index is -0.886. The molecule has 8 heteroatoms. The molecule has 4 aromatic rings. The van der Waals surface area contributed by atoms with E-state index in [1.165, 1.54) is 6.20 Å². The number of halogens is 2. The van der Waals surface area contributed by atoms with Gasteiger partial charge in [-0.1, -0.05) is 30.3 Å². The molecule has 0 aliphatic carbocycles. The van der Waals surface area contributed by atoms with Crippen molar-refractivity contribution in [1.29, 1.82) is 0 Å². The standard InChI is InChI=1S/C24H19F2N3O3/c1-14(2)29-23-19(12-27-29)17(11-21(28-23)15-6-4-3-5-7-15)24(31)32-13-22(30)18-10-16(25)8-9-20(18)26/h3-12,14H,13H2,1-2H3. The first-order valence-electron chi connectivity index (χ1n) is 9.94. The van der Waals surface area contributed by atoms with Crippen molar-refractivity contribution in [1.82, 2.24) is 14.8 Å². The number of rotatable bonds is 6. The third-order valence-corrected chi connectivity index (χ3v) is 4.91. The van der Waals surface area contributed by atoms with E-state index >= 15 is 0 Å². The van der Waals surface area contributed by atoms with Gasteiger partial charge in [-0.15, -0.1) is 0 Å². The molecular formula is C24H19F2N3O3. The van der Waals surface area contributed by atoms with Gasteiger partial charge in [0.25, 0.3) is 0 Å². The lowest BCUT2D eigenvalue weighted by Crippen LogP contribution is -2.16. The van der Waals surface area contributed by atoms with Crippen molar-refractivity contribution in [2.24, 2.45) is 0 Å². The number of ether oxygens (including phenoxy) is 1. The highest BCUT2D eigenvalue weighted by atomic mass is 19.1. The van der Waals surface area contributed by atoms with Crippen LogP contribution < -0.4 is 0 Å². The molecule has 0 unspecified atom stereocenters. The molecule has 0 bridgehead atoms. The predicted octanol–water partition coefficient (Wildman–Crippen LogP) is 5.00. The van der Waals surface area contributed by atoms with Crippen LogP contribution in [0.15, 0.2) is 60.8 Å². The maximum absolute atomic E-state index is 13.8. The molecule has 0 atom stereocenters. The molecule has 2 aromatic heterocycles. The number of hydrogen-bond acceptors (Lipinski definition) is 5. The molecule has 4 rings (SSSR count). The number of fused-ring (bicyclic) bond motifs is 1. The lowest BCUT2D eigenvalue weighted by atomic mass is 10.1. The number of ketones is 1. The molecule has 2 heterocycles. The summed E-state index contributed by atoms with van der Waals surface area (Å²) in [6.45, 7) is 3.14. The summed E-state index contributed by atoms with van der Waals surface area (Å²) in [4.78, 5) is 29.9. The minimum absolute atomic E-state index is 0.00701. The van der Waals surface area contributed by atoms with Crippen molar-refractivity contribution in [3.8, 4) is 11.3 Å². The number of benzene rings is 2. The summed E-state index contributed by atoms with van der Waals surface area (Å²) in [5.41, 5.74) is 1.52. The molecular weight excluding hydrogens is 416 g/mol. The molecule has 0 fully saturated rings. The van der Waals surface area contributed by atoms with Crippen molar-refractivity contribution >= 4 is 22.8 Å². The molecule has 0 saturated carbocycles. The fourth-order valence-electron chi connectivity index (χ4n) is 3.32. The molecule has 0 amide bonds. The van der Waals surface area contributed by atoms with Crippen LogP contribution in [0.25, 0.3) is 22.3 Å². The lowest BCUT2D eigenvalue weighted by molar-refractivity contribution is 0.0475. The van der Waals surface area contributed by atoms with Crippen molar-refractivity contribution in [2.45, 2.75) is 19.9 Å². The largest absolute Gasteiger partial charge is 0.454 e. The van der Waals surface area contributed by atoms with E-state index in [9.17, 15) is 18.4 Å². The zero-order valence-corrected chi connectivity index (χ0v) is 17.4. The second kappa shape index (κ2) is 8.66. The van der Waals surface area contributed by atoms with E-state index in [0.29, 0.717) is 16.7 Å². The van der Waals surface area contributed by atoms with Crippen LogP contribution >= 0.6 is 0 Å². The Labute approximate surface area is 182 Å². The maximum Gasteiger partial charge on any atom is 0.339 e. The predicted molar refractivity (Wildman–Crippen MR) is 114 cm³/mol. The van der Waals surface area contributed by atoms with Crippen molar-refractivity contribution in [3.63, 3.8) is 0 Å². The molecule has 0 N–H and O–H groups in total. The first-order chi connectivity index (χ1) is 15.3. The number of pyridine rings is 1. The molecule has 0 spiro atoms. The maximum atomic E-state index is 13.8. The van der Waals surface area contributed by atoms with Gasteiger partial charge in [-0.05, 0) is 38.1 Å². The van der Waals surface area contributed by atoms with E-state index in [4.69, 9.17) is 4.74 Å². The Balaban J connectivity index is 1.69. The highest BCUT2D eigenvalue weighted by molar-refractivity contribution is 6.05. The van der Waals surface area contributed by atoms with Gasteiger partial charge in [0.15, 0.2) is 12.3 Å². The zero-order chi connectivity index (χ0) is 22.8. The van der Waals surface area contributed by atoms with Crippen LogP contribution in [0.5, 0.6) is 0 Å². The SMILES string of the molecule is CC(C)n1ncc2c(C(=O)OCC(=O)c3cc(F)ccc3F)cc(-c3ccccc3)nc21. The van der Waals surface area contributed by atoms with Gasteiger partial charge in [0.2, 0.25) is 5.78 Å². The van der Waals surface area contributed by atoms with Crippen molar-refractivity contribution in [3.05, 3.63) is 83.6 Å². The van der Waals surface area contributed by atoms with Gasteiger partial charge in [0.1, 0.15) is 11.6 Å². The monoisotopic (exact) mass is 435 g/mol. The summed E-state index contributed by atoms with van der Waals surface area (Å²) in [6, 6.07) is 13.4. The highest BCUT2D eigenvalue weighted by Crippen LogP contribution is 2.27. The molecule has 0 saturated heterocycles. The van der Waals surface area contributed by atoms with Crippen LogP contribution in [0.3, 0.4) is 0 Å². The number of Topliss-reactive ketones (excluding diaryl/α,β-unsaturated/α-hetero) is 1. The molecule has 32 heavy (non-hydrogen) atoms. The molecule has 6 nitrogen and oxygen atoms in total. The average molecular weight is 435 g/mol. The van der Waals surface area contributed by atoms with E-state index in [1.54, 1.807) is 10.7 Å². The first-order valence-corrected chi connectivity index (χ1v) is 9.94. The summed E-state index contributed by atoms with van der Waals surface area (Å²) < 4.78 is 34.1. The molecule has 2 aromatic carbocycles. The Bertz CT molecular complexity index is 1320. The van der Waals surface area contributed by atoms with Crippen LogP contribution in [0.4, 0.5) is 8.78 Å². The summed E-state index contributed by atoms with van der Waals surface area (Å²) >= 11 is 0. The van der Waals surface area contributed by atoms with E-state index in [0.717, 1.165) is 23.8 Å². The smallest absolute Gasteiger partial charge is 0.339 e. The number of nitrogens with zero attached hydrogens (tertiary/aromatic N) is 3. The minimum Gasteiger partial charge on any atom is -0.454 e. The van der Waals surface area contributed by atoms with Gasteiger partial charge in [-0.2, -0.15) is 5.10 Å². The number of carbonyl (C=O) groups excluding carboxylic acids is 2. The summed E-state index contributed by atoms with van der Waals surface area (Å²) in [5, 5.41) is 4.79. The van der Waals surface area contributed by atoms with Crippen molar-refractivity contribution < 1.29 is 23.1 Å². The molecule has 162 valence electrons. The molecule has 0 aliphatic rings. The van der Waals surface area contributed by atoms with Gasteiger partial charge in [-0.3, -0.25) is 4.79 Å². The van der Waals surface area contributed by atoms with Gasteiger partial charge < -0.3 is 4.74 Å². The van der Waals surface area contributed by atoms with E-state index in [1.807, 2.05) is 44.2 Å². The Kier molecular flexibility index (Phi) is 5.77. The van der Waals surface area contributed by atoms with Gasteiger partial charge in [0.05, 0.1) is 28.4 Å². The Morgan fingerprint density at radius 3 is 2.50 bits per heavy atom. The van der Waals surface area contributed by atoms with Gasteiger partial charge in [-0.25, -0.2) is 23.2 Å². The normalized spacial score (nSPS) is 11.2. The van der Waals surface area contributed by atoms with Gasteiger partial charge in [0, 0.05) is 11.6 Å². The summed E-state index contributed by atoms with van der Waals surface area (Å²) in [6.07, 6.45) is 1.52. The van der Waals surface area contributed by atoms with E-state index in [2.05, 4.69) is 10.1 Å². The first kappa shape index (κ1) is 21.3. The van der Waals surface area contributed by atoms with Crippen LogP contribution in [0.2, 0.25) is 0 Å². The number of aromatic nitrogens is 3.